The molecule has 1 aliphatic heterocycles. The van der Waals surface area contributed by atoms with E-state index in [0.29, 0.717) is 0 Å². The van der Waals surface area contributed by atoms with Crippen molar-refractivity contribution in [3.63, 3.8) is 0 Å². The van der Waals surface area contributed by atoms with Crippen molar-refractivity contribution in [2.24, 2.45) is 0 Å². The number of rotatable bonds is 6. The maximum absolute atomic E-state index is 4.26. The van der Waals surface area contributed by atoms with E-state index in [0.717, 1.165) is 18.8 Å². The Labute approximate surface area is 139 Å². The summed E-state index contributed by atoms with van der Waals surface area (Å²) in [6.07, 6.45) is 7.14. The molecule has 23 heavy (non-hydrogen) atoms. The van der Waals surface area contributed by atoms with E-state index in [-0.39, 0.29) is 0 Å². The zero-order chi connectivity index (χ0) is 16.1. The number of hydrogen-bond donors (Lipinski definition) is 1. The molecule has 1 saturated heterocycles. The third-order valence-corrected chi connectivity index (χ3v) is 4.64. The van der Waals surface area contributed by atoms with Crippen molar-refractivity contribution in [2.45, 2.75) is 39.2 Å². The minimum absolute atomic E-state index is 0.938. The predicted molar refractivity (Wildman–Crippen MR) is 96.7 cm³/mol. The van der Waals surface area contributed by atoms with E-state index in [4.69, 9.17) is 0 Å². The van der Waals surface area contributed by atoms with Gasteiger partial charge in [0.2, 0.25) is 0 Å². The quantitative estimate of drug-likeness (QED) is 0.878. The fourth-order valence-corrected chi connectivity index (χ4v) is 3.42. The molecule has 1 aromatic heterocycles. The summed E-state index contributed by atoms with van der Waals surface area (Å²) in [6.45, 7) is 6.64. The number of benzene rings is 1. The smallest absolute Gasteiger partial charge is 0.0695 e. The molecule has 1 aromatic carbocycles. The molecule has 1 N–H and O–H groups in total. The van der Waals surface area contributed by atoms with Gasteiger partial charge in [-0.3, -0.25) is 5.10 Å². The number of nitrogens with one attached hydrogen (secondary N) is 1. The first-order chi connectivity index (χ1) is 11.3. The summed E-state index contributed by atoms with van der Waals surface area (Å²) in [5.41, 5.74) is 4.99. The summed E-state index contributed by atoms with van der Waals surface area (Å²) in [4.78, 5) is 4.84. The van der Waals surface area contributed by atoms with Crippen LogP contribution in [0.3, 0.4) is 0 Å². The fraction of sp³-hybridized carbons (Fsp3) is 0.526. The Balaban J connectivity index is 1.73. The van der Waals surface area contributed by atoms with Gasteiger partial charge < -0.3 is 9.80 Å². The molecule has 4 nitrogen and oxygen atoms in total. The molecule has 0 saturated carbocycles. The summed E-state index contributed by atoms with van der Waals surface area (Å²) < 4.78 is 0. The Morgan fingerprint density at radius 2 is 1.87 bits per heavy atom. The fourth-order valence-electron chi connectivity index (χ4n) is 3.42. The SMILES string of the molecule is CCCN(C)Cc1cn[nH]c1-c1ccc(N2CCCCC2)cc1. The average molecular weight is 312 g/mol. The lowest BCUT2D eigenvalue weighted by Crippen LogP contribution is -2.29. The Morgan fingerprint density at radius 1 is 1.13 bits per heavy atom. The number of hydrogen-bond acceptors (Lipinski definition) is 3. The highest BCUT2D eigenvalue weighted by atomic mass is 15.1. The molecular weight excluding hydrogens is 284 g/mol. The van der Waals surface area contributed by atoms with Crippen molar-refractivity contribution in [2.75, 3.05) is 31.6 Å². The van der Waals surface area contributed by atoms with Crippen LogP contribution in [-0.4, -0.2) is 41.8 Å². The number of aromatic nitrogens is 2. The van der Waals surface area contributed by atoms with E-state index in [2.05, 4.69) is 58.2 Å². The second-order valence-electron chi connectivity index (χ2n) is 6.60. The third-order valence-electron chi connectivity index (χ3n) is 4.64. The van der Waals surface area contributed by atoms with Gasteiger partial charge in [-0.25, -0.2) is 0 Å². The van der Waals surface area contributed by atoms with Gasteiger partial charge in [0.1, 0.15) is 0 Å². The van der Waals surface area contributed by atoms with Crippen LogP contribution in [0.2, 0.25) is 0 Å². The van der Waals surface area contributed by atoms with Crippen molar-refractivity contribution < 1.29 is 0 Å². The van der Waals surface area contributed by atoms with E-state index in [9.17, 15) is 0 Å². The maximum Gasteiger partial charge on any atom is 0.0695 e. The van der Waals surface area contributed by atoms with Gasteiger partial charge in [0, 0.05) is 36.4 Å². The highest BCUT2D eigenvalue weighted by molar-refractivity contribution is 5.65. The molecule has 2 heterocycles. The van der Waals surface area contributed by atoms with Gasteiger partial charge >= 0.3 is 0 Å². The molecule has 0 unspecified atom stereocenters. The van der Waals surface area contributed by atoms with E-state index >= 15 is 0 Å². The minimum Gasteiger partial charge on any atom is -0.372 e. The number of anilines is 1. The highest BCUT2D eigenvalue weighted by Gasteiger charge is 2.13. The first-order valence-electron chi connectivity index (χ1n) is 8.84. The second kappa shape index (κ2) is 7.64. The van der Waals surface area contributed by atoms with E-state index < -0.39 is 0 Å². The topological polar surface area (TPSA) is 35.2 Å². The summed E-state index contributed by atoms with van der Waals surface area (Å²) in [5.74, 6) is 0. The third kappa shape index (κ3) is 3.94. The van der Waals surface area contributed by atoms with E-state index in [1.54, 1.807) is 0 Å². The molecule has 0 atom stereocenters. The van der Waals surface area contributed by atoms with Crippen LogP contribution in [-0.2, 0) is 6.54 Å². The van der Waals surface area contributed by atoms with Crippen molar-refractivity contribution >= 4 is 5.69 Å². The van der Waals surface area contributed by atoms with Gasteiger partial charge in [-0.1, -0.05) is 19.1 Å². The Kier molecular flexibility index (Phi) is 5.34. The van der Waals surface area contributed by atoms with Crippen molar-refractivity contribution in [1.29, 1.82) is 0 Å². The van der Waals surface area contributed by atoms with Crippen LogP contribution < -0.4 is 4.90 Å². The largest absolute Gasteiger partial charge is 0.372 e. The lowest BCUT2D eigenvalue weighted by atomic mass is 10.1. The van der Waals surface area contributed by atoms with Crippen molar-refractivity contribution in [3.05, 3.63) is 36.0 Å². The molecular formula is C19H28N4. The second-order valence-corrected chi connectivity index (χ2v) is 6.60. The number of aromatic amines is 1. The van der Waals surface area contributed by atoms with Crippen LogP contribution in [0.15, 0.2) is 30.5 Å². The Hall–Kier alpha value is -1.81. The van der Waals surface area contributed by atoms with E-state index in [1.807, 2.05) is 6.20 Å². The summed E-state index contributed by atoms with van der Waals surface area (Å²) in [5, 5.41) is 7.44. The summed E-state index contributed by atoms with van der Waals surface area (Å²) in [6, 6.07) is 8.95. The molecule has 1 aliphatic rings. The highest BCUT2D eigenvalue weighted by Crippen LogP contribution is 2.26. The molecule has 0 bridgehead atoms. The molecule has 0 spiro atoms. The minimum atomic E-state index is 0.938. The summed E-state index contributed by atoms with van der Waals surface area (Å²) >= 11 is 0. The van der Waals surface area contributed by atoms with Gasteiger partial charge in [-0.15, -0.1) is 0 Å². The molecule has 0 amide bonds. The van der Waals surface area contributed by atoms with Crippen LogP contribution in [0, 0.1) is 0 Å². The molecule has 1 fully saturated rings. The number of H-pyrrole nitrogens is 1. The van der Waals surface area contributed by atoms with Crippen LogP contribution >= 0.6 is 0 Å². The molecule has 2 aromatic rings. The number of nitrogens with zero attached hydrogens (tertiary/aromatic N) is 3. The average Bonchev–Trinajstić information content (AvgIpc) is 3.04. The van der Waals surface area contributed by atoms with Gasteiger partial charge in [-0.05, 0) is 51.4 Å². The monoisotopic (exact) mass is 312 g/mol. The Bertz CT molecular complexity index is 596. The molecule has 0 radical (unpaired) electrons. The maximum atomic E-state index is 4.26. The van der Waals surface area contributed by atoms with Gasteiger partial charge in [0.25, 0.3) is 0 Å². The lowest BCUT2D eigenvalue weighted by Gasteiger charge is -2.28. The summed E-state index contributed by atoms with van der Waals surface area (Å²) in [7, 11) is 2.17. The zero-order valence-electron chi connectivity index (χ0n) is 14.4. The van der Waals surface area contributed by atoms with Crippen LogP contribution in [0.5, 0.6) is 0 Å². The molecule has 4 heteroatoms. The van der Waals surface area contributed by atoms with Crippen LogP contribution in [0.25, 0.3) is 11.3 Å². The van der Waals surface area contributed by atoms with E-state index in [1.165, 1.54) is 55.6 Å². The molecule has 0 aliphatic carbocycles. The first kappa shape index (κ1) is 16.1. The lowest BCUT2D eigenvalue weighted by molar-refractivity contribution is 0.328. The zero-order valence-corrected chi connectivity index (χ0v) is 14.4. The van der Waals surface area contributed by atoms with Crippen LogP contribution in [0.1, 0.15) is 38.2 Å². The normalized spacial score (nSPS) is 15.3. The Morgan fingerprint density at radius 3 is 2.57 bits per heavy atom. The molecule has 3 rings (SSSR count). The van der Waals surface area contributed by atoms with Gasteiger partial charge in [-0.2, -0.15) is 5.10 Å². The van der Waals surface area contributed by atoms with Crippen LogP contribution in [0.4, 0.5) is 5.69 Å². The predicted octanol–water partition coefficient (Wildman–Crippen LogP) is 3.91. The number of piperidine rings is 1. The standard InChI is InChI=1S/C19H28N4/c1-3-11-22(2)15-17-14-20-21-19(17)16-7-9-18(10-8-16)23-12-5-4-6-13-23/h7-10,14H,3-6,11-13,15H2,1-2H3,(H,20,21). The van der Waals surface area contributed by atoms with Crippen molar-refractivity contribution in [3.8, 4) is 11.3 Å². The van der Waals surface area contributed by atoms with Gasteiger partial charge in [0.15, 0.2) is 0 Å². The molecule has 124 valence electrons. The first-order valence-corrected chi connectivity index (χ1v) is 8.84. The van der Waals surface area contributed by atoms with Gasteiger partial charge in [0.05, 0.1) is 11.9 Å². The van der Waals surface area contributed by atoms with Crippen molar-refractivity contribution in [1.82, 2.24) is 15.1 Å².